The van der Waals surface area contributed by atoms with Crippen LogP contribution in [0.3, 0.4) is 0 Å². The topological polar surface area (TPSA) is 32.3 Å². The van der Waals surface area contributed by atoms with Crippen molar-refractivity contribution in [2.24, 2.45) is 0 Å². The number of hydrogen-bond donors (Lipinski definition) is 2. The Hall–Kier alpha value is -1.36. The van der Waals surface area contributed by atoms with Gasteiger partial charge in [0.05, 0.1) is 6.61 Å². The molecule has 0 saturated carbocycles. The average molecular weight is 303 g/mol. The van der Waals surface area contributed by atoms with Crippen LogP contribution >= 0.6 is 11.8 Å². The third-order valence-electron chi connectivity index (χ3n) is 3.78. The molecule has 1 atom stereocenters. The van der Waals surface area contributed by atoms with Gasteiger partial charge in [-0.15, -0.1) is 11.8 Å². The first-order valence-corrected chi connectivity index (χ1v) is 8.10. The lowest BCUT2D eigenvalue weighted by Gasteiger charge is -2.26. The van der Waals surface area contributed by atoms with E-state index in [4.69, 9.17) is 5.11 Å². The van der Waals surface area contributed by atoms with Gasteiger partial charge >= 0.3 is 0 Å². The van der Waals surface area contributed by atoms with Crippen LogP contribution < -0.4 is 5.32 Å². The van der Waals surface area contributed by atoms with Crippen molar-refractivity contribution in [3.8, 4) is 0 Å². The molecule has 1 heterocycles. The molecular weight excluding hydrogens is 285 g/mol. The van der Waals surface area contributed by atoms with Gasteiger partial charge in [0.1, 0.15) is 5.82 Å². The highest BCUT2D eigenvalue weighted by molar-refractivity contribution is 7.99. The number of benzene rings is 2. The molecule has 0 fully saturated rings. The highest BCUT2D eigenvalue weighted by Gasteiger charge is 2.22. The fourth-order valence-electron chi connectivity index (χ4n) is 2.60. The predicted octanol–water partition coefficient (Wildman–Crippen LogP) is 3.64. The molecule has 4 heteroatoms. The Bertz CT molecular complexity index is 615. The normalized spacial score (nSPS) is 17.5. The number of aliphatic hydroxyl groups excluding tert-OH is 1. The zero-order valence-electron chi connectivity index (χ0n) is 11.7. The van der Waals surface area contributed by atoms with E-state index in [0.29, 0.717) is 0 Å². The van der Waals surface area contributed by atoms with Gasteiger partial charge < -0.3 is 10.4 Å². The molecule has 2 aromatic rings. The number of thioether (sulfide) groups is 1. The molecule has 0 spiro atoms. The van der Waals surface area contributed by atoms with Gasteiger partial charge in [-0.25, -0.2) is 4.39 Å². The molecule has 0 saturated heterocycles. The summed E-state index contributed by atoms with van der Waals surface area (Å²) in [5, 5.41) is 12.6. The minimum absolute atomic E-state index is 0.0697. The zero-order chi connectivity index (χ0) is 14.7. The summed E-state index contributed by atoms with van der Waals surface area (Å²) in [6.07, 6.45) is 1.01. The van der Waals surface area contributed by atoms with E-state index in [1.165, 1.54) is 11.6 Å². The van der Waals surface area contributed by atoms with Crippen LogP contribution in [0.5, 0.6) is 0 Å². The maximum Gasteiger partial charge on any atom is 0.137 e. The molecule has 0 radical (unpaired) electrons. The monoisotopic (exact) mass is 303 g/mol. The van der Waals surface area contributed by atoms with E-state index < -0.39 is 0 Å². The van der Waals surface area contributed by atoms with Gasteiger partial charge in [-0.2, -0.15) is 0 Å². The van der Waals surface area contributed by atoms with Crippen LogP contribution in [0.15, 0.2) is 47.4 Å². The van der Waals surface area contributed by atoms with Crippen LogP contribution in [-0.2, 0) is 13.2 Å². The standard InChI is InChI=1S/C17H18FNOS/c18-15-3-1-2-14-16(8-9-21-17(14)15)19-10-12-4-6-13(11-20)7-5-12/h1-7,16,19-20H,8-11H2. The molecular formula is C17H18FNOS. The fraction of sp³-hybridized carbons (Fsp3) is 0.294. The van der Waals surface area contributed by atoms with E-state index in [1.807, 2.05) is 30.3 Å². The number of fused-ring (bicyclic) bond motifs is 1. The Kier molecular flexibility index (Phi) is 4.58. The number of hydrogen-bond acceptors (Lipinski definition) is 3. The first kappa shape index (κ1) is 14.6. The van der Waals surface area contributed by atoms with Crippen molar-refractivity contribution in [3.05, 3.63) is 65.0 Å². The second kappa shape index (κ2) is 6.60. The van der Waals surface area contributed by atoms with Crippen molar-refractivity contribution in [1.82, 2.24) is 5.32 Å². The number of halogens is 1. The second-order valence-corrected chi connectivity index (χ2v) is 6.31. The van der Waals surface area contributed by atoms with Gasteiger partial charge in [0.2, 0.25) is 0 Å². The largest absolute Gasteiger partial charge is 0.392 e. The molecule has 1 unspecified atom stereocenters. The smallest absolute Gasteiger partial charge is 0.137 e. The van der Waals surface area contributed by atoms with Gasteiger partial charge in [-0.1, -0.05) is 36.4 Å². The summed E-state index contributed by atoms with van der Waals surface area (Å²) in [6.45, 7) is 0.817. The summed E-state index contributed by atoms with van der Waals surface area (Å²) >= 11 is 1.60. The third kappa shape index (κ3) is 3.28. The molecule has 0 amide bonds. The molecule has 2 nitrogen and oxygen atoms in total. The number of rotatable bonds is 4. The molecule has 1 aliphatic heterocycles. The van der Waals surface area contributed by atoms with Crippen molar-refractivity contribution >= 4 is 11.8 Å². The Morgan fingerprint density at radius 1 is 1.14 bits per heavy atom. The van der Waals surface area contributed by atoms with Gasteiger partial charge in [0.25, 0.3) is 0 Å². The molecule has 2 N–H and O–H groups in total. The Labute approximate surface area is 128 Å². The number of nitrogens with one attached hydrogen (secondary N) is 1. The minimum Gasteiger partial charge on any atom is -0.392 e. The lowest BCUT2D eigenvalue weighted by atomic mass is 10.0. The summed E-state index contributed by atoms with van der Waals surface area (Å²) in [6, 6.07) is 13.4. The van der Waals surface area contributed by atoms with Crippen molar-refractivity contribution in [2.75, 3.05) is 5.75 Å². The molecule has 21 heavy (non-hydrogen) atoms. The van der Waals surface area contributed by atoms with E-state index in [9.17, 15) is 4.39 Å². The maximum atomic E-state index is 13.8. The summed E-state index contributed by atoms with van der Waals surface area (Å²) in [5.74, 6) is 0.825. The van der Waals surface area contributed by atoms with Gasteiger partial charge in [-0.05, 0) is 34.9 Å². The van der Waals surface area contributed by atoms with Gasteiger partial charge in [-0.3, -0.25) is 0 Å². The Morgan fingerprint density at radius 2 is 1.90 bits per heavy atom. The third-order valence-corrected chi connectivity index (χ3v) is 4.94. The van der Waals surface area contributed by atoms with Crippen LogP contribution in [0.25, 0.3) is 0 Å². The molecule has 0 bridgehead atoms. The summed E-state index contributed by atoms with van der Waals surface area (Å²) in [4.78, 5) is 0.789. The second-order valence-electron chi connectivity index (χ2n) is 5.20. The first-order valence-electron chi connectivity index (χ1n) is 7.11. The van der Waals surface area contributed by atoms with Crippen LogP contribution in [-0.4, -0.2) is 10.9 Å². The van der Waals surface area contributed by atoms with E-state index in [1.54, 1.807) is 17.8 Å². The summed E-state index contributed by atoms with van der Waals surface area (Å²) in [5.41, 5.74) is 3.15. The highest BCUT2D eigenvalue weighted by Crippen LogP contribution is 2.37. The van der Waals surface area contributed by atoms with Crippen LogP contribution in [0, 0.1) is 5.82 Å². The molecule has 2 aromatic carbocycles. The van der Waals surface area contributed by atoms with Crippen molar-refractivity contribution < 1.29 is 9.50 Å². The lowest BCUT2D eigenvalue weighted by molar-refractivity contribution is 0.282. The lowest BCUT2D eigenvalue weighted by Crippen LogP contribution is -2.24. The van der Waals surface area contributed by atoms with E-state index in [0.717, 1.165) is 34.7 Å². The van der Waals surface area contributed by atoms with Crippen molar-refractivity contribution in [1.29, 1.82) is 0 Å². The van der Waals surface area contributed by atoms with Crippen LogP contribution in [0.1, 0.15) is 29.2 Å². The van der Waals surface area contributed by atoms with Crippen molar-refractivity contribution in [2.45, 2.75) is 30.5 Å². The van der Waals surface area contributed by atoms with E-state index in [-0.39, 0.29) is 18.5 Å². The molecule has 0 aliphatic carbocycles. The van der Waals surface area contributed by atoms with Crippen LogP contribution in [0.2, 0.25) is 0 Å². The van der Waals surface area contributed by atoms with Gasteiger partial charge in [0.15, 0.2) is 0 Å². The zero-order valence-corrected chi connectivity index (χ0v) is 12.5. The Morgan fingerprint density at radius 3 is 2.67 bits per heavy atom. The van der Waals surface area contributed by atoms with E-state index >= 15 is 0 Å². The summed E-state index contributed by atoms with van der Waals surface area (Å²) < 4.78 is 13.8. The SMILES string of the molecule is OCc1ccc(CNC2CCSc3c(F)cccc32)cc1. The predicted molar refractivity (Wildman–Crippen MR) is 83.7 cm³/mol. The van der Waals surface area contributed by atoms with Crippen LogP contribution in [0.4, 0.5) is 4.39 Å². The number of aliphatic hydroxyl groups is 1. The van der Waals surface area contributed by atoms with E-state index in [2.05, 4.69) is 5.32 Å². The van der Waals surface area contributed by atoms with Gasteiger partial charge in [0, 0.05) is 17.5 Å². The quantitative estimate of drug-likeness (QED) is 0.904. The first-order chi connectivity index (χ1) is 10.3. The molecule has 1 aliphatic rings. The molecule has 110 valence electrons. The molecule has 0 aromatic heterocycles. The highest BCUT2D eigenvalue weighted by atomic mass is 32.2. The minimum atomic E-state index is -0.115. The summed E-state index contributed by atoms with van der Waals surface area (Å²) in [7, 11) is 0. The molecule has 3 rings (SSSR count). The van der Waals surface area contributed by atoms with Crippen molar-refractivity contribution in [3.63, 3.8) is 0 Å². The average Bonchev–Trinajstić information content (AvgIpc) is 2.54. The Balaban J connectivity index is 1.70. The fourth-order valence-corrected chi connectivity index (χ4v) is 3.74. The maximum absolute atomic E-state index is 13.8.